The van der Waals surface area contributed by atoms with Crippen LogP contribution in [0.1, 0.15) is 45.1 Å². The number of alkyl halides is 3. The van der Waals surface area contributed by atoms with Crippen LogP contribution in [0.15, 0.2) is 48.9 Å². The highest BCUT2D eigenvalue weighted by Gasteiger charge is 2.39. The molecule has 0 bridgehead atoms. The van der Waals surface area contributed by atoms with Crippen LogP contribution < -0.4 is 10.6 Å². The molecule has 2 saturated heterocycles. The SMILES string of the molecule is O=C(NCc1ccc(C(=O)N2CCN(C(=O)C3CCNCC3)CC2)c(Cl)c1)c1ncc(-c2c(-c3ccncc3)n[nH]c2C(F)(F)F)[nH]1. The van der Waals surface area contributed by atoms with E-state index in [9.17, 15) is 27.6 Å². The minimum atomic E-state index is -4.74. The number of H-pyrrole nitrogens is 2. The van der Waals surface area contributed by atoms with Gasteiger partial charge in [0.05, 0.1) is 28.0 Å². The summed E-state index contributed by atoms with van der Waals surface area (Å²) in [6.45, 7) is 3.43. The predicted octanol–water partition coefficient (Wildman–Crippen LogP) is 3.75. The molecule has 3 aromatic heterocycles. The fourth-order valence-corrected chi connectivity index (χ4v) is 6.11. The molecule has 0 aliphatic carbocycles. The van der Waals surface area contributed by atoms with E-state index in [1.165, 1.54) is 24.5 Å². The molecule has 0 saturated carbocycles. The largest absolute Gasteiger partial charge is 0.433 e. The quantitative estimate of drug-likeness (QED) is 0.234. The number of aromatic amines is 2. The molecule has 47 heavy (non-hydrogen) atoms. The van der Waals surface area contributed by atoms with Gasteiger partial charge in [0.2, 0.25) is 5.91 Å². The third-order valence-electron chi connectivity index (χ3n) is 8.35. The third-order valence-corrected chi connectivity index (χ3v) is 8.66. The number of imidazole rings is 1. The maximum Gasteiger partial charge on any atom is 0.433 e. The van der Waals surface area contributed by atoms with Gasteiger partial charge < -0.3 is 25.4 Å². The van der Waals surface area contributed by atoms with Crippen molar-refractivity contribution in [3.63, 3.8) is 0 Å². The standard InChI is InChI=1S/C31H31ClF3N9O3/c32-22-15-18(1-2-21(22)30(47)44-13-11-43(12-14-44)29(46)20-5-9-37-10-6-20)16-39-28(45)27-38-17-23(40-27)24-25(19-3-7-36-8-4-19)41-42-26(24)31(33,34)35/h1-4,7-8,15,17,20,37H,5-6,9-14,16H2,(H,38,40)(H,39,45)(H,41,42). The summed E-state index contributed by atoms with van der Waals surface area (Å²) >= 11 is 6.48. The van der Waals surface area contributed by atoms with Gasteiger partial charge in [-0.05, 0) is 55.8 Å². The average Bonchev–Trinajstić information content (AvgIpc) is 3.76. The van der Waals surface area contributed by atoms with Crippen LogP contribution in [0.5, 0.6) is 0 Å². The molecule has 4 aromatic rings. The average molecular weight is 670 g/mol. The molecular formula is C31H31ClF3N9O3. The number of aromatic nitrogens is 5. The topological polar surface area (TPSA) is 152 Å². The highest BCUT2D eigenvalue weighted by atomic mass is 35.5. The molecule has 0 unspecified atom stereocenters. The third kappa shape index (κ3) is 7.00. The number of rotatable bonds is 7. The van der Waals surface area contributed by atoms with Crippen molar-refractivity contribution in [2.45, 2.75) is 25.6 Å². The Morgan fingerprint density at radius 1 is 1.00 bits per heavy atom. The minimum absolute atomic E-state index is 0.0162. The van der Waals surface area contributed by atoms with Gasteiger partial charge in [-0.2, -0.15) is 18.3 Å². The molecule has 246 valence electrons. The van der Waals surface area contributed by atoms with Gasteiger partial charge >= 0.3 is 6.18 Å². The Bertz CT molecular complexity index is 1760. The van der Waals surface area contributed by atoms with Crippen molar-refractivity contribution in [1.29, 1.82) is 0 Å². The van der Waals surface area contributed by atoms with Crippen molar-refractivity contribution in [1.82, 2.24) is 45.6 Å². The summed E-state index contributed by atoms with van der Waals surface area (Å²) in [6.07, 6.45) is 0.912. The van der Waals surface area contributed by atoms with Crippen molar-refractivity contribution >= 4 is 29.3 Å². The molecule has 1 aromatic carbocycles. The first-order valence-electron chi connectivity index (χ1n) is 15.1. The van der Waals surface area contributed by atoms with E-state index in [1.54, 1.807) is 23.1 Å². The highest BCUT2D eigenvalue weighted by molar-refractivity contribution is 6.33. The van der Waals surface area contributed by atoms with Crippen LogP contribution in [-0.2, 0) is 17.5 Å². The Morgan fingerprint density at radius 3 is 2.38 bits per heavy atom. The molecule has 0 radical (unpaired) electrons. The van der Waals surface area contributed by atoms with Crippen molar-refractivity contribution < 1.29 is 27.6 Å². The fourth-order valence-electron chi connectivity index (χ4n) is 5.83. The van der Waals surface area contributed by atoms with Gasteiger partial charge in [-0.15, -0.1) is 0 Å². The fraction of sp³-hybridized carbons (Fsp3) is 0.355. The number of halogens is 4. The lowest BCUT2D eigenvalue weighted by Crippen LogP contribution is -2.52. The van der Waals surface area contributed by atoms with E-state index in [0.29, 0.717) is 42.9 Å². The van der Waals surface area contributed by atoms with Gasteiger partial charge in [-0.3, -0.25) is 24.5 Å². The van der Waals surface area contributed by atoms with Crippen LogP contribution in [0.4, 0.5) is 13.2 Å². The summed E-state index contributed by atoms with van der Waals surface area (Å²) < 4.78 is 41.4. The van der Waals surface area contributed by atoms with Crippen LogP contribution in [0, 0.1) is 5.92 Å². The summed E-state index contributed by atoms with van der Waals surface area (Å²) in [6, 6.07) is 7.86. The molecule has 4 N–H and O–H groups in total. The van der Waals surface area contributed by atoms with Crippen LogP contribution >= 0.6 is 11.6 Å². The minimum Gasteiger partial charge on any atom is -0.345 e. The van der Waals surface area contributed by atoms with Gasteiger partial charge in [0.25, 0.3) is 11.8 Å². The molecule has 12 nitrogen and oxygen atoms in total. The lowest BCUT2D eigenvalue weighted by atomic mass is 9.96. The van der Waals surface area contributed by atoms with Crippen molar-refractivity contribution in [3.05, 3.63) is 76.6 Å². The molecule has 2 aliphatic rings. The zero-order chi connectivity index (χ0) is 33.1. The zero-order valence-corrected chi connectivity index (χ0v) is 25.8. The summed E-state index contributed by atoms with van der Waals surface area (Å²) in [5.41, 5.74) is -0.100. The first-order valence-corrected chi connectivity index (χ1v) is 15.4. The summed E-state index contributed by atoms with van der Waals surface area (Å²) in [7, 11) is 0. The molecule has 0 atom stereocenters. The van der Waals surface area contributed by atoms with Crippen LogP contribution in [-0.4, -0.2) is 91.9 Å². The number of carbonyl (C=O) groups excluding carboxylic acids is 3. The number of piperidine rings is 1. The number of hydrogen-bond donors (Lipinski definition) is 4. The number of nitrogens with zero attached hydrogens (tertiary/aromatic N) is 5. The molecule has 16 heteroatoms. The van der Waals surface area contributed by atoms with Gasteiger partial charge in [-0.1, -0.05) is 17.7 Å². The van der Waals surface area contributed by atoms with Crippen LogP contribution in [0.2, 0.25) is 5.02 Å². The van der Waals surface area contributed by atoms with Crippen molar-refractivity contribution in [2.24, 2.45) is 5.92 Å². The van der Waals surface area contributed by atoms with E-state index >= 15 is 0 Å². The maximum atomic E-state index is 13.8. The van der Waals surface area contributed by atoms with E-state index in [1.807, 2.05) is 4.90 Å². The summed E-state index contributed by atoms with van der Waals surface area (Å²) in [5.74, 6) is -0.931. The second-order valence-corrected chi connectivity index (χ2v) is 11.7. The van der Waals surface area contributed by atoms with Crippen molar-refractivity contribution in [2.75, 3.05) is 39.3 Å². The van der Waals surface area contributed by atoms with Gasteiger partial charge in [0.1, 0.15) is 11.4 Å². The lowest BCUT2D eigenvalue weighted by Gasteiger charge is -2.37. The smallest absolute Gasteiger partial charge is 0.345 e. The number of benzene rings is 1. The molecule has 5 heterocycles. The number of nitrogens with one attached hydrogen (secondary N) is 4. The number of hydrogen-bond acceptors (Lipinski definition) is 7. The Hall–Kier alpha value is -4.76. The molecule has 3 amide bonds. The molecule has 2 fully saturated rings. The number of amides is 3. The molecule has 0 spiro atoms. The molecule has 6 rings (SSSR count). The second kappa shape index (κ2) is 13.5. The first kappa shape index (κ1) is 32.2. The van der Waals surface area contributed by atoms with Crippen LogP contribution in [0.25, 0.3) is 22.5 Å². The number of carbonyl (C=O) groups is 3. The lowest BCUT2D eigenvalue weighted by molar-refractivity contribution is -0.140. The van der Waals surface area contributed by atoms with E-state index in [4.69, 9.17) is 11.6 Å². The number of pyridine rings is 1. The molecule has 2 aliphatic heterocycles. The van der Waals surface area contributed by atoms with Crippen LogP contribution in [0.3, 0.4) is 0 Å². The van der Waals surface area contributed by atoms with E-state index in [2.05, 4.69) is 35.8 Å². The summed E-state index contributed by atoms with van der Waals surface area (Å²) in [4.78, 5) is 53.0. The van der Waals surface area contributed by atoms with Crippen molar-refractivity contribution in [3.8, 4) is 22.5 Å². The Kier molecular flexibility index (Phi) is 9.27. The van der Waals surface area contributed by atoms with E-state index < -0.39 is 17.8 Å². The van der Waals surface area contributed by atoms with Gasteiger partial charge in [0, 0.05) is 56.6 Å². The Balaban J connectivity index is 1.08. The Labute approximate surface area is 272 Å². The highest BCUT2D eigenvalue weighted by Crippen LogP contribution is 2.40. The maximum absolute atomic E-state index is 13.8. The van der Waals surface area contributed by atoms with E-state index in [-0.39, 0.29) is 52.1 Å². The predicted molar refractivity (Wildman–Crippen MR) is 165 cm³/mol. The normalized spacial score (nSPS) is 15.9. The number of piperazine rings is 1. The second-order valence-electron chi connectivity index (χ2n) is 11.3. The van der Waals surface area contributed by atoms with Gasteiger partial charge in [-0.25, -0.2) is 4.98 Å². The van der Waals surface area contributed by atoms with E-state index in [0.717, 1.165) is 32.1 Å². The summed E-state index contributed by atoms with van der Waals surface area (Å²) in [5, 5.41) is 12.1. The van der Waals surface area contributed by atoms with Gasteiger partial charge in [0.15, 0.2) is 5.82 Å². The molecular weight excluding hydrogens is 639 g/mol. The zero-order valence-electron chi connectivity index (χ0n) is 25.0. The first-order chi connectivity index (χ1) is 22.6. The monoisotopic (exact) mass is 669 g/mol. The Morgan fingerprint density at radius 2 is 1.70 bits per heavy atom.